The van der Waals surface area contributed by atoms with E-state index in [2.05, 4.69) is 0 Å². The summed E-state index contributed by atoms with van der Waals surface area (Å²) in [6.45, 7) is 0. The van der Waals surface area contributed by atoms with Gasteiger partial charge in [0.1, 0.15) is 0 Å². The second-order valence-corrected chi connectivity index (χ2v) is 4.24. The van der Waals surface area contributed by atoms with Gasteiger partial charge in [0.2, 0.25) is 0 Å². The van der Waals surface area contributed by atoms with Crippen molar-refractivity contribution < 1.29 is 18.0 Å². The van der Waals surface area contributed by atoms with E-state index in [1.54, 1.807) is 0 Å². The van der Waals surface area contributed by atoms with Crippen molar-refractivity contribution in [3.8, 4) is 0 Å². The van der Waals surface area contributed by atoms with Gasteiger partial charge in [-0.25, -0.2) is 0 Å². The maximum absolute atomic E-state index is 12.3. The molecule has 5 heteroatoms. The topological polar surface area (TPSA) is 20.3 Å². The average molecular weight is 243 g/mol. The Balaban J connectivity index is 2.11. The third-order valence-corrected chi connectivity index (χ3v) is 3.14. The number of benzene rings is 1. The first kappa shape index (κ1) is 12.0. The van der Waals surface area contributed by atoms with Crippen LogP contribution in [0.1, 0.15) is 11.1 Å². The number of hydrogen-bond donors (Lipinski definition) is 0. The van der Waals surface area contributed by atoms with E-state index in [1.165, 1.54) is 7.05 Å². The van der Waals surface area contributed by atoms with Gasteiger partial charge in [-0.15, -0.1) is 0 Å². The molecule has 0 saturated heterocycles. The lowest BCUT2D eigenvalue weighted by Gasteiger charge is -2.25. The first-order chi connectivity index (χ1) is 7.89. The van der Waals surface area contributed by atoms with E-state index < -0.39 is 12.1 Å². The van der Waals surface area contributed by atoms with Crippen molar-refractivity contribution in [2.75, 3.05) is 7.05 Å². The molecule has 0 radical (unpaired) electrons. The van der Waals surface area contributed by atoms with Crippen LogP contribution in [0, 0.1) is 0 Å². The van der Waals surface area contributed by atoms with Crippen molar-refractivity contribution >= 4 is 5.91 Å². The van der Waals surface area contributed by atoms with E-state index >= 15 is 0 Å². The van der Waals surface area contributed by atoms with Crippen LogP contribution < -0.4 is 0 Å². The van der Waals surface area contributed by atoms with Crippen LogP contribution in [-0.4, -0.2) is 30.1 Å². The molecule has 0 heterocycles. The first-order valence-electron chi connectivity index (χ1n) is 5.30. The van der Waals surface area contributed by atoms with Crippen LogP contribution in [-0.2, 0) is 17.6 Å². The van der Waals surface area contributed by atoms with Crippen LogP contribution >= 0.6 is 0 Å². The van der Waals surface area contributed by atoms with E-state index in [-0.39, 0.29) is 6.04 Å². The van der Waals surface area contributed by atoms with Crippen LogP contribution in [0.25, 0.3) is 0 Å². The Labute approximate surface area is 97.0 Å². The Kier molecular flexibility index (Phi) is 2.85. The van der Waals surface area contributed by atoms with Crippen LogP contribution in [0.4, 0.5) is 13.2 Å². The second kappa shape index (κ2) is 4.05. The van der Waals surface area contributed by atoms with Gasteiger partial charge in [0.05, 0.1) is 0 Å². The van der Waals surface area contributed by atoms with E-state index in [9.17, 15) is 18.0 Å². The zero-order valence-electron chi connectivity index (χ0n) is 9.29. The Bertz CT molecular complexity index is 417. The molecule has 0 N–H and O–H groups in total. The maximum atomic E-state index is 12.3. The van der Waals surface area contributed by atoms with E-state index in [1.807, 2.05) is 24.3 Å². The summed E-state index contributed by atoms with van der Waals surface area (Å²) in [6.07, 6.45) is -3.80. The smallest absolute Gasteiger partial charge is 0.334 e. The van der Waals surface area contributed by atoms with Crippen molar-refractivity contribution in [3.63, 3.8) is 0 Å². The number of halogens is 3. The van der Waals surface area contributed by atoms with Crippen molar-refractivity contribution in [1.82, 2.24) is 4.90 Å². The second-order valence-electron chi connectivity index (χ2n) is 4.24. The van der Waals surface area contributed by atoms with Crippen LogP contribution in [0.3, 0.4) is 0 Å². The Morgan fingerprint density at radius 1 is 1.24 bits per heavy atom. The molecular weight excluding hydrogens is 231 g/mol. The molecule has 1 aromatic carbocycles. The lowest BCUT2D eigenvalue weighted by Crippen LogP contribution is -2.44. The standard InChI is InChI=1S/C12H12F3NO/c1-16(11(17)12(13,14)15)10-6-8-4-2-3-5-9(8)7-10/h2-5,10H,6-7H2,1H3. The molecule has 0 fully saturated rings. The molecule has 1 aromatic rings. The SMILES string of the molecule is CN(C(=O)C(F)(F)F)C1Cc2ccccc2C1. The number of amides is 1. The summed E-state index contributed by atoms with van der Waals surface area (Å²) in [5, 5.41) is 0. The van der Waals surface area contributed by atoms with Gasteiger partial charge in [0.25, 0.3) is 0 Å². The number of hydrogen-bond acceptors (Lipinski definition) is 1. The minimum absolute atomic E-state index is 0.387. The summed E-state index contributed by atoms with van der Waals surface area (Å²) < 4.78 is 36.9. The molecule has 0 unspecified atom stereocenters. The summed E-state index contributed by atoms with van der Waals surface area (Å²) in [5.41, 5.74) is 2.05. The highest BCUT2D eigenvalue weighted by atomic mass is 19.4. The first-order valence-corrected chi connectivity index (χ1v) is 5.30. The normalized spacial score (nSPS) is 15.8. The minimum Gasteiger partial charge on any atom is -0.334 e. The van der Waals surface area contributed by atoms with Crippen molar-refractivity contribution in [3.05, 3.63) is 35.4 Å². The molecule has 0 bridgehead atoms. The average Bonchev–Trinajstić information content (AvgIpc) is 2.69. The number of fused-ring (bicyclic) bond motifs is 1. The molecule has 0 aromatic heterocycles. The summed E-state index contributed by atoms with van der Waals surface area (Å²) in [5.74, 6) is -1.77. The van der Waals surface area contributed by atoms with Crippen LogP contribution in [0.5, 0.6) is 0 Å². The number of alkyl halides is 3. The number of carbonyl (C=O) groups is 1. The lowest BCUT2D eigenvalue weighted by molar-refractivity contribution is -0.186. The molecule has 2 rings (SSSR count). The molecular formula is C12H12F3NO. The molecule has 0 atom stereocenters. The van der Waals surface area contributed by atoms with E-state index in [0.29, 0.717) is 12.8 Å². The number of rotatable bonds is 1. The number of likely N-dealkylation sites (N-methyl/N-ethyl adjacent to an activating group) is 1. The number of nitrogens with zero attached hydrogens (tertiary/aromatic N) is 1. The fraction of sp³-hybridized carbons (Fsp3) is 0.417. The van der Waals surface area contributed by atoms with Gasteiger partial charge in [0, 0.05) is 13.1 Å². The van der Waals surface area contributed by atoms with Gasteiger partial charge in [-0.3, -0.25) is 4.79 Å². The molecule has 17 heavy (non-hydrogen) atoms. The van der Waals surface area contributed by atoms with Gasteiger partial charge in [0.15, 0.2) is 0 Å². The minimum atomic E-state index is -4.79. The molecule has 1 aliphatic rings. The Hall–Kier alpha value is -1.52. The predicted octanol–water partition coefficient (Wildman–Crippen LogP) is 2.17. The van der Waals surface area contributed by atoms with Gasteiger partial charge in [-0.1, -0.05) is 24.3 Å². The molecule has 1 amide bonds. The maximum Gasteiger partial charge on any atom is 0.471 e. The fourth-order valence-corrected chi connectivity index (χ4v) is 2.18. The van der Waals surface area contributed by atoms with Gasteiger partial charge in [-0.05, 0) is 24.0 Å². The summed E-state index contributed by atoms with van der Waals surface area (Å²) >= 11 is 0. The molecule has 0 spiro atoms. The predicted molar refractivity (Wildman–Crippen MR) is 56.5 cm³/mol. The van der Waals surface area contributed by atoms with Gasteiger partial charge >= 0.3 is 12.1 Å². The third-order valence-electron chi connectivity index (χ3n) is 3.14. The highest BCUT2D eigenvalue weighted by molar-refractivity contribution is 5.82. The van der Waals surface area contributed by atoms with Crippen LogP contribution in [0.2, 0.25) is 0 Å². The Morgan fingerprint density at radius 2 is 1.71 bits per heavy atom. The van der Waals surface area contributed by atoms with E-state index in [0.717, 1.165) is 16.0 Å². The zero-order chi connectivity index (χ0) is 12.6. The highest BCUT2D eigenvalue weighted by Crippen LogP contribution is 2.27. The largest absolute Gasteiger partial charge is 0.471 e. The molecule has 1 aliphatic carbocycles. The molecule has 0 aliphatic heterocycles. The summed E-state index contributed by atoms with van der Waals surface area (Å²) in [6, 6.07) is 7.10. The monoisotopic (exact) mass is 243 g/mol. The Morgan fingerprint density at radius 3 is 2.12 bits per heavy atom. The quantitative estimate of drug-likeness (QED) is 0.740. The van der Waals surface area contributed by atoms with Crippen molar-refractivity contribution in [1.29, 1.82) is 0 Å². The van der Waals surface area contributed by atoms with Crippen molar-refractivity contribution in [2.24, 2.45) is 0 Å². The number of carbonyl (C=O) groups excluding carboxylic acids is 1. The summed E-state index contributed by atoms with van der Waals surface area (Å²) in [4.78, 5) is 11.9. The van der Waals surface area contributed by atoms with Gasteiger partial charge in [-0.2, -0.15) is 13.2 Å². The lowest BCUT2D eigenvalue weighted by atomic mass is 10.1. The fourth-order valence-electron chi connectivity index (χ4n) is 2.18. The third kappa shape index (κ3) is 2.28. The van der Waals surface area contributed by atoms with Crippen molar-refractivity contribution in [2.45, 2.75) is 25.1 Å². The van der Waals surface area contributed by atoms with E-state index in [4.69, 9.17) is 0 Å². The molecule has 2 nitrogen and oxygen atoms in total. The molecule has 92 valence electrons. The van der Waals surface area contributed by atoms with Gasteiger partial charge < -0.3 is 4.90 Å². The molecule has 0 saturated carbocycles. The van der Waals surface area contributed by atoms with Crippen LogP contribution in [0.15, 0.2) is 24.3 Å². The summed E-state index contributed by atoms with van der Waals surface area (Å²) in [7, 11) is 1.21. The zero-order valence-corrected chi connectivity index (χ0v) is 9.29. The highest BCUT2D eigenvalue weighted by Gasteiger charge is 2.43.